The van der Waals surface area contributed by atoms with Gasteiger partial charge in [0.15, 0.2) is 5.75 Å². The molecule has 8 nitrogen and oxygen atoms in total. The monoisotopic (exact) mass is 370 g/mol. The maximum absolute atomic E-state index is 12.0. The topological polar surface area (TPSA) is 118 Å². The minimum Gasteiger partial charge on any atom is -0.505 e. The molecule has 1 aromatic heterocycles. The van der Waals surface area contributed by atoms with Gasteiger partial charge in [-0.1, -0.05) is 11.6 Å². The van der Waals surface area contributed by atoms with E-state index in [1.165, 1.54) is 42.7 Å². The van der Waals surface area contributed by atoms with Gasteiger partial charge in [-0.05, 0) is 30.3 Å². The van der Waals surface area contributed by atoms with Crippen LogP contribution in [0, 0.1) is 10.1 Å². The summed E-state index contributed by atoms with van der Waals surface area (Å²) in [6.45, 7) is 0. The lowest BCUT2D eigenvalue weighted by molar-refractivity contribution is -0.384. The number of benzene rings is 2. The molecule has 3 aromatic rings. The van der Waals surface area contributed by atoms with Crippen molar-refractivity contribution in [2.75, 3.05) is 0 Å². The minimum atomic E-state index is -0.555. The number of nitrogens with zero attached hydrogens (tertiary/aromatic N) is 3. The lowest BCUT2D eigenvalue weighted by Gasteiger charge is -2.05. The van der Waals surface area contributed by atoms with Crippen LogP contribution in [0.3, 0.4) is 0 Å². The lowest BCUT2D eigenvalue weighted by Crippen LogP contribution is -2.17. The highest BCUT2D eigenvalue weighted by atomic mass is 35.5. The zero-order valence-electron chi connectivity index (χ0n) is 13.1. The van der Waals surface area contributed by atoms with Gasteiger partial charge in [0.25, 0.3) is 11.6 Å². The normalized spacial score (nSPS) is 11.0. The van der Waals surface area contributed by atoms with Crippen molar-refractivity contribution in [2.45, 2.75) is 0 Å². The molecule has 2 aromatic carbocycles. The van der Waals surface area contributed by atoms with Crippen molar-refractivity contribution in [3.8, 4) is 5.75 Å². The summed E-state index contributed by atoms with van der Waals surface area (Å²) in [4.78, 5) is 26.1. The third kappa shape index (κ3) is 3.45. The molecule has 0 saturated carbocycles. The van der Waals surface area contributed by atoms with E-state index in [1.54, 1.807) is 12.1 Å². The van der Waals surface area contributed by atoms with Gasteiger partial charge in [-0.25, -0.2) is 5.43 Å². The van der Waals surface area contributed by atoms with Gasteiger partial charge in [-0.2, -0.15) is 5.10 Å². The number of aromatic nitrogens is 1. The second-order valence-corrected chi connectivity index (χ2v) is 5.61. The number of phenolic OH excluding ortho intramolecular Hbond substituents is 1. The van der Waals surface area contributed by atoms with Gasteiger partial charge in [0.1, 0.15) is 5.52 Å². The molecule has 0 saturated heterocycles. The molecular weight excluding hydrogens is 360 g/mol. The molecule has 0 bridgehead atoms. The van der Waals surface area contributed by atoms with E-state index in [0.29, 0.717) is 15.9 Å². The number of hydrogen-bond acceptors (Lipinski definition) is 6. The highest BCUT2D eigenvalue weighted by Gasteiger charge is 2.11. The summed E-state index contributed by atoms with van der Waals surface area (Å²) in [5.41, 5.74) is 2.97. The summed E-state index contributed by atoms with van der Waals surface area (Å²) in [7, 11) is 0. The number of aromatic hydroxyl groups is 1. The Bertz CT molecular complexity index is 1030. The van der Waals surface area contributed by atoms with Crippen molar-refractivity contribution in [3.63, 3.8) is 0 Å². The maximum Gasteiger partial charge on any atom is 0.271 e. The number of pyridine rings is 1. The number of rotatable bonds is 4. The number of phenols is 1. The number of nitro groups is 1. The lowest BCUT2D eigenvalue weighted by atomic mass is 10.1. The molecule has 130 valence electrons. The van der Waals surface area contributed by atoms with Gasteiger partial charge in [0, 0.05) is 34.8 Å². The quantitative estimate of drug-likeness (QED) is 0.415. The first-order valence-electron chi connectivity index (χ1n) is 7.31. The van der Waals surface area contributed by atoms with E-state index >= 15 is 0 Å². The van der Waals surface area contributed by atoms with Crippen molar-refractivity contribution in [1.29, 1.82) is 0 Å². The third-order valence-corrected chi connectivity index (χ3v) is 3.87. The molecule has 1 heterocycles. The highest BCUT2D eigenvalue weighted by molar-refractivity contribution is 6.36. The van der Waals surface area contributed by atoms with Crippen LogP contribution in [0.5, 0.6) is 5.75 Å². The van der Waals surface area contributed by atoms with E-state index in [9.17, 15) is 20.0 Å². The molecule has 0 fully saturated rings. The van der Waals surface area contributed by atoms with Crippen molar-refractivity contribution in [2.24, 2.45) is 5.10 Å². The standard InChI is InChI=1S/C17H11ClN4O4/c18-14-8-11(16(23)15-13(14)2-1-7-19-15)9-20-21-17(24)10-3-5-12(6-4-10)22(25)26/h1-9,23H,(H,21,24)/b20-9-. The maximum atomic E-state index is 12.0. The van der Waals surface area contributed by atoms with Gasteiger partial charge in [-0.3, -0.25) is 19.9 Å². The molecule has 0 aliphatic heterocycles. The van der Waals surface area contributed by atoms with Crippen LogP contribution in [0.25, 0.3) is 10.9 Å². The van der Waals surface area contributed by atoms with Gasteiger partial charge in [0.05, 0.1) is 16.2 Å². The fourth-order valence-electron chi connectivity index (χ4n) is 2.26. The number of fused-ring (bicyclic) bond motifs is 1. The van der Waals surface area contributed by atoms with Crippen LogP contribution in [0.2, 0.25) is 5.02 Å². The average Bonchev–Trinajstić information content (AvgIpc) is 2.65. The molecule has 1 amide bonds. The predicted molar refractivity (Wildman–Crippen MR) is 96.6 cm³/mol. The van der Waals surface area contributed by atoms with E-state index in [-0.39, 0.29) is 22.6 Å². The Morgan fingerprint density at radius 1 is 1.31 bits per heavy atom. The van der Waals surface area contributed by atoms with E-state index in [2.05, 4.69) is 15.5 Å². The van der Waals surface area contributed by atoms with Crippen LogP contribution < -0.4 is 5.43 Å². The molecule has 9 heteroatoms. The molecule has 0 atom stereocenters. The van der Waals surface area contributed by atoms with Gasteiger partial charge < -0.3 is 5.11 Å². The summed E-state index contributed by atoms with van der Waals surface area (Å²) in [5, 5.41) is 25.6. The summed E-state index contributed by atoms with van der Waals surface area (Å²) >= 11 is 6.16. The van der Waals surface area contributed by atoms with Crippen LogP contribution in [-0.2, 0) is 0 Å². The summed E-state index contributed by atoms with van der Waals surface area (Å²) < 4.78 is 0. The Hall–Kier alpha value is -3.52. The van der Waals surface area contributed by atoms with Crippen molar-refractivity contribution < 1.29 is 14.8 Å². The number of hydrazone groups is 1. The number of non-ortho nitro benzene ring substituents is 1. The van der Waals surface area contributed by atoms with Crippen molar-refractivity contribution in [1.82, 2.24) is 10.4 Å². The Morgan fingerprint density at radius 3 is 2.73 bits per heavy atom. The molecule has 0 unspecified atom stereocenters. The molecule has 2 N–H and O–H groups in total. The number of carbonyl (C=O) groups excluding carboxylic acids is 1. The zero-order chi connectivity index (χ0) is 18.7. The fraction of sp³-hybridized carbons (Fsp3) is 0. The van der Waals surface area contributed by atoms with Crippen LogP contribution in [0.4, 0.5) is 5.69 Å². The summed E-state index contributed by atoms with van der Waals surface area (Å²) in [6.07, 6.45) is 2.76. The van der Waals surface area contributed by atoms with Crippen LogP contribution in [0.15, 0.2) is 53.8 Å². The highest BCUT2D eigenvalue weighted by Crippen LogP contribution is 2.31. The van der Waals surface area contributed by atoms with E-state index in [1.807, 2.05) is 0 Å². The molecule has 3 rings (SSSR count). The number of nitrogens with one attached hydrogen (secondary N) is 1. The summed E-state index contributed by atoms with van der Waals surface area (Å²) in [5.74, 6) is -0.668. The molecular formula is C17H11ClN4O4. The van der Waals surface area contributed by atoms with E-state index in [0.717, 1.165) is 0 Å². The average molecular weight is 371 g/mol. The summed E-state index contributed by atoms with van der Waals surface area (Å²) in [6, 6.07) is 10.0. The minimum absolute atomic E-state index is 0.113. The zero-order valence-corrected chi connectivity index (χ0v) is 13.8. The second-order valence-electron chi connectivity index (χ2n) is 5.20. The Balaban J connectivity index is 1.78. The Labute approximate surface area is 151 Å². The van der Waals surface area contributed by atoms with Gasteiger partial charge in [-0.15, -0.1) is 0 Å². The number of amides is 1. The molecule has 26 heavy (non-hydrogen) atoms. The third-order valence-electron chi connectivity index (χ3n) is 3.56. The van der Waals surface area contributed by atoms with Crippen LogP contribution in [-0.4, -0.2) is 27.1 Å². The fourth-order valence-corrected chi connectivity index (χ4v) is 2.53. The smallest absolute Gasteiger partial charge is 0.271 e. The SMILES string of the molecule is O=C(N/N=C\c1cc(Cl)c2cccnc2c1O)c1ccc([N+](=O)[O-])cc1. The Kier molecular flexibility index (Phi) is 4.76. The number of nitro benzene ring substituents is 1. The van der Waals surface area contributed by atoms with Gasteiger partial charge in [0.2, 0.25) is 0 Å². The first-order chi connectivity index (χ1) is 12.5. The van der Waals surface area contributed by atoms with E-state index in [4.69, 9.17) is 11.6 Å². The van der Waals surface area contributed by atoms with Crippen molar-refractivity contribution >= 4 is 40.3 Å². The van der Waals surface area contributed by atoms with Crippen molar-refractivity contribution in [3.05, 3.63) is 74.9 Å². The number of carbonyl (C=O) groups is 1. The number of hydrogen-bond donors (Lipinski definition) is 2. The van der Waals surface area contributed by atoms with Crippen LogP contribution >= 0.6 is 11.6 Å². The first kappa shape index (κ1) is 17.3. The van der Waals surface area contributed by atoms with Crippen LogP contribution in [0.1, 0.15) is 15.9 Å². The predicted octanol–water partition coefficient (Wildman–Crippen LogP) is 3.27. The molecule has 0 aliphatic rings. The molecule has 0 spiro atoms. The first-order valence-corrected chi connectivity index (χ1v) is 7.69. The van der Waals surface area contributed by atoms with E-state index < -0.39 is 10.8 Å². The van der Waals surface area contributed by atoms with Gasteiger partial charge >= 0.3 is 0 Å². The number of halogens is 1. The molecule has 0 aliphatic carbocycles. The second kappa shape index (κ2) is 7.16. The Morgan fingerprint density at radius 2 is 2.04 bits per heavy atom. The molecule has 0 radical (unpaired) electrons. The largest absolute Gasteiger partial charge is 0.505 e.